The van der Waals surface area contributed by atoms with Gasteiger partial charge in [-0.2, -0.15) is 0 Å². The maximum Gasteiger partial charge on any atom is 0.162 e. The van der Waals surface area contributed by atoms with E-state index in [9.17, 15) is 5.21 Å². The molecular formula is CH7N4O-. The SMILES string of the molecule is NC(N)(N)N[O-]. The minimum Gasteiger partial charge on any atom is -0.785 e. The highest BCUT2D eigenvalue weighted by Gasteiger charge is 1.99. The normalized spacial score (nSPS) is 12.0. The van der Waals surface area contributed by atoms with Gasteiger partial charge in [0.2, 0.25) is 0 Å². The Morgan fingerprint density at radius 3 is 1.50 bits per heavy atom. The van der Waals surface area contributed by atoms with E-state index in [2.05, 4.69) is 17.2 Å². The molecule has 0 unspecified atom stereocenters. The van der Waals surface area contributed by atoms with Crippen LogP contribution in [0.1, 0.15) is 0 Å². The summed E-state index contributed by atoms with van der Waals surface area (Å²) in [6, 6.07) is 0. The summed E-state index contributed by atoms with van der Waals surface area (Å²) in [5.41, 5.74) is 15.2. The predicted octanol–water partition coefficient (Wildman–Crippen LogP) is -2.44. The highest BCUT2D eigenvalue weighted by atomic mass is 16.5. The van der Waals surface area contributed by atoms with E-state index in [0.717, 1.165) is 0 Å². The van der Waals surface area contributed by atoms with Crippen molar-refractivity contribution in [2.45, 2.75) is 5.91 Å². The Balaban J connectivity index is 3.17. The first-order chi connectivity index (χ1) is 2.56. The molecule has 0 fully saturated rings. The summed E-state index contributed by atoms with van der Waals surface area (Å²) < 4.78 is 0. The molecule has 5 heteroatoms. The second-order valence-electron chi connectivity index (χ2n) is 1.04. The number of hydrogen-bond donors (Lipinski definition) is 4. The molecule has 0 aromatic carbocycles. The van der Waals surface area contributed by atoms with E-state index < -0.39 is 5.91 Å². The topological polar surface area (TPSA) is 113 Å². The van der Waals surface area contributed by atoms with Crippen LogP contribution in [0.25, 0.3) is 0 Å². The fraction of sp³-hybridized carbons (Fsp3) is 1.00. The second kappa shape index (κ2) is 1.50. The molecule has 0 spiro atoms. The van der Waals surface area contributed by atoms with Gasteiger partial charge in [0, 0.05) is 0 Å². The number of nitrogens with one attached hydrogen (secondary N) is 1. The van der Waals surface area contributed by atoms with E-state index in [-0.39, 0.29) is 0 Å². The van der Waals surface area contributed by atoms with Crippen LogP contribution in [-0.4, -0.2) is 5.91 Å². The molecule has 0 aromatic heterocycles. The fourth-order valence-corrected chi connectivity index (χ4v) is 0. The van der Waals surface area contributed by atoms with Crippen LogP contribution < -0.4 is 22.7 Å². The van der Waals surface area contributed by atoms with Crippen molar-refractivity contribution in [1.29, 1.82) is 0 Å². The quantitative estimate of drug-likeness (QED) is 0.211. The molecule has 0 aliphatic rings. The van der Waals surface area contributed by atoms with Crippen LogP contribution >= 0.6 is 0 Å². The zero-order valence-corrected chi connectivity index (χ0v) is 3.14. The first kappa shape index (κ1) is 5.80. The van der Waals surface area contributed by atoms with Gasteiger partial charge in [-0.1, -0.05) is 0 Å². The average Bonchev–Trinajstić information content (AvgIpc) is 1.35. The molecule has 0 bridgehead atoms. The Labute approximate surface area is 35.1 Å². The molecule has 5 nitrogen and oxygen atoms in total. The van der Waals surface area contributed by atoms with Crippen LogP contribution in [-0.2, 0) is 0 Å². The van der Waals surface area contributed by atoms with Crippen LogP contribution in [0.5, 0.6) is 0 Å². The van der Waals surface area contributed by atoms with Crippen molar-refractivity contribution in [3.05, 3.63) is 5.21 Å². The third-order valence-corrected chi connectivity index (χ3v) is 0.177. The van der Waals surface area contributed by atoms with Crippen molar-refractivity contribution in [1.82, 2.24) is 5.48 Å². The molecule has 7 N–H and O–H groups in total. The summed E-state index contributed by atoms with van der Waals surface area (Å²) >= 11 is 0. The van der Waals surface area contributed by atoms with E-state index in [1.54, 1.807) is 0 Å². The molecule has 0 atom stereocenters. The van der Waals surface area contributed by atoms with Gasteiger partial charge in [-0.3, -0.25) is 17.2 Å². The Kier molecular flexibility index (Phi) is 1.45. The average molecular weight is 91.1 g/mol. The molecule has 0 saturated heterocycles. The third-order valence-electron chi connectivity index (χ3n) is 0.177. The molecule has 0 saturated carbocycles. The van der Waals surface area contributed by atoms with Gasteiger partial charge < -0.3 is 10.7 Å². The summed E-state index contributed by atoms with van der Waals surface area (Å²) in [4.78, 5) is 0. The van der Waals surface area contributed by atoms with Crippen LogP contribution in [0.15, 0.2) is 0 Å². The van der Waals surface area contributed by atoms with Crippen LogP contribution in [0.2, 0.25) is 0 Å². The molecule has 0 heterocycles. The molecule has 0 rings (SSSR count). The monoisotopic (exact) mass is 91.1 g/mol. The third kappa shape index (κ3) is 3.80. The number of hydrogen-bond acceptors (Lipinski definition) is 5. The zero-order chi connectivity index (χ0) is 5.21. The largest absolute Gasteiger partial charge is 0.785 e. The zero-order valence-electron chi connectivity index (χ0n) is 3.14. The first-order valence-corrected chi connectivity index (χ1v) is 1.32. The van der Waals surface area contributed by atoms with E-state index in [4.69, 9.17) is 0 Å². The molecule has 0 radical (unpaired) electrons. The summed E-state index contributed by atoms with van der Waals surface area (Å²) in [6.45, 7) is 0. The number of hydroxylamine groups is 1. The predicted molar refractivity (Wildman–Crippen MR) is 21.8 cm³/mol. The smallest absolute Gasteiger partial charge is 0.162 e. The number of nitrogens with two attached hydrogens (primary N) is 3. The minimum absolute atomic E-state index is 1.19. The van der Waals surface area contributed by atoms with E-state index in [1.807, 2.05) is 0 Å². The summed E-state index contributed by atoms with van der Waals surface area (Å²) in [5.74, 6) is -1.76. The van der Waals surface area contributed by atoms with E-state index in [0.29, 0.717) is 0 Å². The highest BCUT2D eigenvalue weighted by Crippen LogP contribution is 1.57. The lowest BCUT2D eigenvalue weighted by Crippen LogP contribution is -2.66. The van der Waals surface area contributed by atoms with E-state index >= 15 is 0 Å². The van der Waals surface area contributed by atoms with Crippen molar-refractivity contribution in [2.24, 2.45) is 17.2 Å². The maximum absolute atomic E-state index is 9.33. The molecule has 0 aliphatic carbocycles. The van der Waals surface area contributed by atoms with Crippen LogP contribution in [0.4, 0.5) is 0 Å². The van der Waals surface area contributed by atoms with Gasteiger partial charge in [-0.15, -0.1) is 0 Å². The molecule has 0 aromatic rings. The second-order valence-corrected chi connectivity index (χ2v) is 1.04. The van der Waals surface area contributed by atoms with Gasteiger partial charge in [0.1, 0.15) is 0 Å². The lowest BCUT2D eigenvalue weighted by Gasteiger charge is -2.23. The van der Waals surface area contributed by atoms with Gasteiger partial charge in [0.05, 0.1) is 0 Å². The maximum atomic E-state index is 9.33. The summed E-state index contributed by atoms with van der Waals surface area (Å²) in [6.07, 6.45) is 0. The lowest BCUT2D eigenvalue weighted by atomic mass is 10.8. The van der Waals surface area contributed by atoms with Crippen molar-refractivity contribution in [3.63, 3.8) is 0 Å². The van der Waals surface area contributed by atoms with E-state index in [1.165, 1.54) is 5.48 Å². The minimum atomic E-state index is -1.76. The van der Waals surface area contributed by atoms with Gasteiger partial charge >= 0.3 is 0 Å². The molecule has 0 aliphatic heterocycles. The first-order valence-electron chi connectivity index (χ1n) is 1.32. The van der Waals surface area contributed by atoms with Crippen molar-refractivity contribution in [2.75, 3.05) is 0 Å². The van der Waals surface area contributed by atoms with Crippen LogP contribution in [0.3, 0.4) is 0 Å². The van der Waals surface area contributed by atoms with Gasteiger partial charge in [-0.25, -0.2) is 0 Å². The Hall–Kier alpha value is -0.200. The van der Waals surface area contributed by atoms with Gasteiger partial charge in [-0.05, 0) is 0 Å². The van der Waals surface area contributed by atoms with Gasteiger partial charge in [0.15, 0.2) is 5.91 Å². The Morgan fingerprint density at radius 2 is 1.50 bits per heavy atom. The standard InChI is InChI=1S/CH7N4O/c2-1(3,4)5-6/h5H,2-4H2/q-1. The Morgan fingerprint density at radius 1 is 1.33 bits per heavy atom. The number of rotatable bonds is 1. The summed E-state index contributed by atoms with van der Waals surface area (Å²) in [5, 5.41) is 9.33. The van der Waals surface area contributed by atoms with Crippen LogP contribution in [0, 0.1) is 5.21 Å². The lowest BCUT2D eigenvalue weighted by molar-refractivity contribution is 0.411. The van der Waals surface area contributed by atoms with Crippen molar-refractivity contribution < 1.29 is 0 Å². The Bertz CT molecular complexity index is 37.3. The van der Waals surface area contributed by atoms with Crippen molar-refractivity contribution in [3.8, 4) is 0 Å². The molecule has 6 heavy (non-hydrogen) atoms. The summed E-state index contributed by atoms with van der Waals surface area (Å²) in [7, 11) is 0. The molecule has 38 valence electrons. The fourth-order valence-electron chi connectivity index (χ4n) is 0. The van der Waals surface area contributed by atoms with Gasteiger partial charge in [0.25, 0.3) is 0 Å². The molecule has 0 amide bonds. The highest BCUT2D eigenvalue weighted by molar-refractivity contribution is 4.62. The van der Waals surface area contributed by atoms with Crippen molar-refractivity contribution >= 4 is 0 Å². The molecular weight excluding hydrogens is 84.0 g/mol.